The second-order valence-electron chi connectivity index (χ2n) is 6.73. The summed E-state index contributed by atoms with van der Waals surface area (Å²) < 4.78 is 8.12. The molecule has 1 aromatic heterocycles. The van der Waals surface area contributed by atoms with Crippen LogP contribution in [0.2, 0.25) is 0 Å². The minimum Gasteiger partial charge on any atom is -0.495 e. The van der Waals surface area contributed by atoms with Gasteiger partial charge in [0, 0.05) is 5.69 Å². The number of anilines is 3. The number of nitrogens with one attached hydrogen (secondary N) is 2. The number of ether oxygens (including phenoxy) is 1. The van der Waals surface area contributed by atoms with Crippen LogP contribution in [0.25, 0.3) is 0 Å². The lowest BCUT2D eigenvalue weighted by Crippen LogP contribution is -3.14. The van der Waals surface area contributed by atoms with Gasteiger partial charge in [-0.2, -0.15) is 4.68 Å². The van der Waals surface area contributed by atoms with Crippen LogP contribution in [-0.2, 0) is 6.67 Å². The molecular formula is C20H24N5OS2+. The van der Waals surface area contributed by atoms with Crippen molar-refractivity contribution in [1.82, 2.24) is 9.78 Å². The molecule has 146 valence electrons. The van der Waals surface area contributed by atoms with E-state index in [1.165, 1.54) is 21.9 Å². The van der Waals surface area contributed by atoms with Crippen LogP contribution in [0.5, 0.6) is 5.75 Å². The lowest BCUT2D eigenvalue weighted by molar-refractivity contribution is -0.924. The Bertz CT molecular complexity index is 964. The van der Waals surface area contributed by atoms with Crippen molar-refractivity contribution in [2.45, 2.75) is 6.67 Å². The summed E-state index contributed by atoms with van der Waals surface area (Å²) in [7, 11) is 1.67. The van der Waals surface area contributed by atoms with Gasteiger partial charge in [0.1, 0.15) is 5.75 Å². The number of nitrogens with zero attached hydrogens (tertiary/aromatic N) is 3. The highest BCUT2D eigenvalue weighted by Crippen LogP contribution is 2.28. The van der Waals surface area contributed by atoms with Crippen LogP contribution in [0.1, 0.15) is 0 Å². The Morgan fingerprint density at radius 2 is 1.82 bits per heavy atom. The van der Waals surface area contributed by atoms with Crippen molar-refractivity contribution in [1.29, 1.82) is 0 Å². The Morgan fingerprint density at radius 1 is 1.11 bits per heavy atom. The standard InChI is InChI=1S/C20H23N5OS2/c1-26-18-10-6-5-9-17(18)21-19-22-25(20(27)28-19)15-23-11-13-24(14-12-23)16-7-3-2-4-8-16/h2-10H,11-15H2,1H3,(H,21,22)/p+1. The summed E-state index contributed by atoms with van der Waals surface area (Å²) in [5.74, 6) is 0.790. The molecule has 1 saturated heterocycles. The number of hydrogen-bond acceptors (Lipinski definition) is 6. The third-order valence-electron chi connectivity index (χ3n) is 4.92. The summed E-state index contributed by atoms with van der Waals surface area (Å²) in [6, 6.07) is 18.4. The predicted molar refractivity (Wildman–Crippen MR) is 117 cm³/mol. The maximum atomic E-state index is 5.54. The fourth-order valence-corrected chi connectivity index (χ4v) is 4.43. The smallest absolute Gasteiger partial charge is 0.209 e. The van der Waals surface area contributed by atoms with Crippen LogP contribution >= 0.6 is 23.6 Å². The van der Waals surface area contributed by atoms with Gasteiger partial charge in [-0.05, 0) is 36.5 Å². The zero-order valence-electron chi connectivity index (χ0n) is 15.8. The molecule has 0 amide bonds. The average Bonchev–Trinajstić information content (AvgIpc) is 3.08. The number of benzene rings is 2. The Morgan fingerprint density at radius 3 is 2.57 bits per heavy atom. The summed E-state index contributed by atoms with van der Waals surface area (Å²) in [4.78, 5) is 3.94. The summed E-state index contributed by atoms with van der Waals surface area (Å²) in [6.07, 6.45) is 0. The maximum absolute atomic E-state index is 5.54. The number of methoxy groups -OCH3 is 1. The molecule has 0 unspecified atom stereocenters. The molecule has 0 atom stereocenters. The fraction of sp³-hybridized carbons (Fsp3) is 0.300. The van der Waals surface area contributed by atoms with Crippen molar-refractivity contribution in [3.8, 4) is 5.75 Å². The van der Waals surface area contributed by atoms with Gasteiger partial charge in [0.25, 0.3) is 0 Å². The third-order valence-corrected chi connectivity index (χ3v) is 6.14. The first-order valence-corrected chi connectivity index (χ1v) is 10.6. The molecule has 1 aliphatic rings. The Balaban J connectivity index is 1.38. The number of quaternary nitrogens is 1. The zero-order valence-corrected chi connectivity index (χ0v) is 17.4. The van der Waals surface area contributed by atoms with E-state index in [2.05, 4.69) is 45.6 Å². The normalized spacial score (nSPS) is 14.8. The first-order chi connectivity index (χ1) is 13.7. The fourth-order valence-electron chi connectivity index (χ4n) is 3.41. The summed E-state index contributed by atoms with van der Waals surface area (Å²) in [6.45, 7) is 5.03. The topological polar surface area (TPSA) is 46.8 Å². The molecular weight excluding hydrogens is 390 g/mol. The number of rotatable bonds is 6. The zero-order chi connectivity index (χ0) is 19.3. The molecule has 1 aliphatic heterocycles. The highest BCUT2D eigenvalue weighted by molar-refractivity contribution is 7.73. The monoisotopic (exact) mass is 414 g/mol. The molecule has 0 aliphatic carbocycles. The van der Waals surface area contributed by atoms with Gasteiger partial charge in [-0.25, -0.2) is 0 Å². The number of aromatic nitrogens is 2. The van der Waals surface area contributed by atoms with Gasteiger partial charge >= 0.3 is 0 Å². The predicted octanol–water partition coefficient (Wildman–Crippen LogP) is 2.79. The Labute approximate surface area is 174 Å². The van der Waals surface area contributed by atoms with Crippen molar-refractivity contribution < 1.29 is 9.64 Å². The molecule has 0 radical (unpaired) electrons. The van der Waals surface area contributed by atoms with E-state index in [1.54, 1.807) is 7.11 Å². The van der Waals surface area contributed by atoms with Crippen LogP contribution in [-0.4, -0.2) is 43.1 Å². The van der Waals surface area contributed by atoms with E-state index in [4.69, 9.17) is 17.0 Å². The Hall–Kier alpha value is -2.42. The van der Waals surface area contributed by atoms with Gasteiger partial charge in [0.2, 0.25) is 5.13 Å². The Kier molecular flexibility index (Phi) is 5.90. The quantitative estimate of drug-likeness (QED) is 0.608. The molecule has 2 aromatic carbocycles. The van der Waals surface area contributed by atoms with Gasteiger partial charge in [-0.3, -0.25) is 0 Å². The van der Waals surface area contributed by atoms with Crippen molar-refractivity contribution >= 4 is 40.1 Å². The van der Waals surface area contributed by atoms with Crippen molar-refractivity contribution in [3.05, 3.63) is 58.6 Å². The lowest BCUT2D eigenvalue weighted by Gasteiger charge is -2.33. The molecule has 3 aromatic rings. The molecule has 0 saturated carbocycles. The maximum Gasteiger partial charge on any atom is 0.209 e. The number of hydrogen-bond donors (Lipinski definition) is 2. The second-order valence-corrected chi connectivity index (χ2v) is 8.35. The van der Waals surface area contributed by atoms with Crippen molar-refractivity contribution in [2.24, 2.45) is 0 Å². The SMILES string of the molecule is COc1ccccc1Nc1nn(C[NH+]2CCN(c3ccccc3)CC2)c(=S)s1. The first kappa shape index (κ1) is 18.9. The van der Waals surface area contributed by atoms with Gasteiger partial charge in [0.05, 0.1) is 39.0 Å². The molecule has 2 heterocycles. The summed E-state index contributed by atoms with van der Waals surface area (Å²) >= 11 is 7.03. The van der Waals surface area contributed by atoms with E-state index < -0.39 is 0 Å². The molecule has 0 spiro atoms. The van der Waals surface area contributed by atoms with Gasteiger partial charge < -0.3 is 19.9 Å². The van der Waals surface area contributed by atoms with Gasteiger partial charge in [-0.1, -0.05) is 41.7 Å². The molecule has 2 N–H and O–H groups in total. The van der Waals surface area contributed by atoms with Crippen molar-refractivity contribution in [2.75, 3.05) is 43.5 Å². The van der Waals surface area contributed by atoms with Crippen LogP contribution in [0.3, 0.4) is 0 Å². The van der Waals surface area contributed by atoms with Crippen LogP contribution in [0, 0.1) is 3.95 Å². The van der Waals surface area contributed by atoms with Crippen LogP contribution in [0.4, 0.5) is 16.5 Å². The van der Waals surface area contributed by atoms with E-state index in [0.717, 1.165) is 53.4 Å². The minimum atomic E-state index is 0.787. The van der Waals surface area contributed by atoms with E-state index in [1.807, 2.05) is 28.9 Å². The van der Waals surface area contributed by atoms with E-state index in [9.17, 15) is 0 Å². The van der Waals surface area contributed by atoms with Gasteiger partial charge in [0.15, 0.2) is 10.6 Å². The highest BCUT2D eigenvalue weighted by atomic mass is 32.1. The number of para-hydroxylation sites is 3. The summed E-state index contributed by atoms with van der Waals surface area (Å²) in [5.41, 5.74) is 2.19. The molecule has 8 heteroatoms. The average molecular weight is 415 g/mol. The highest BCUT2D eigenvalue weighted by Gasteiger charge is 2.21. The van der Waals surface area contributed by atoms with E-state index in [0.29, 0.717) is 0 Å². The molecule has 4 rings (SSSR count). The second kappa shape index (κ2) is 8.72. The van der Waals surface area contributed by atoms with E-state index in [-0.39, 0.29) is 0 Å². The molecule has 6 nitrogen and oxygen atoms in total. The van der Waals surface area contributed by atoms with Crippen LogP contribution in [0.15, 0.2) is 54.6 Å². The minimum absolute atomic E-state index is 0.787. The van der Waals surface area contributed by atoms with Crippen molar-refractivity contribution in [3.63, 3.8) is 0 Å². The largest absolute Gasteiger partial charge is 0.495 e. The number of piperazine rings is 1. The molecule has 1 fully saturated rings. The molecule has 0 bridgehead atoms. The van der Waals surface area contributed by atoms with E-state index >= 15 is 0 Å². The van der Waals surface area contributed by atoms with Gasteiger partial charge in [-0.15, -0.1) is 5.10 Å². The summed E-state index contributed by atoms with van der Waals surface area (Å²) in [5, 5.41) is 8.80. The lowest BCUT2D eigenvalue weighted by atomic mass is 10.2. The molecule has 28 heavy (non-hydrogen) atoms. The third kappa shape index (κ3) is 4.35. The van der Waals surface area contributed by atoms with Crippen LogP contribution < -0.4 is 19.9 Å². The first-order valence-electron chi connectivity index (χ1n) is 9.34.